The minimum atomic E-state index is -0.273. The monoisotopic (exact) mass is 459 g/mol. The van der Waals surface area contributed by atoms with Crippen molar-refractivity contribution < 1.29 is 9.21 Å². The van der Waals surface area contributed by atoms with Gasteiger partial charge in [0, 0.05) is 11.8 Å². The molecule has 0 saturated carbocycles. The van der Waals surface area contributed by atoms with E-state index in [1.807, 2.05) is 47.0 Å². The van der Waals surface area contributed by atoms with Crippen LogP contribution in [0.3, 0.4) is 0 Å². The van der Waals surface area contributed by atoms with Crippen LogP contribution in [0.4, 0.5) is 5.82 Å². The van der Waals surface area contributed by atoms with Crippen LogP contribution in [0.15, 0.2) is 70.6 Å². The normalized spacial score (nSPS) is 10.9. The molecule has 0 spiro atoms. The van der Waals surface area contributed by atoms with E-state index in [9.17, 15) is 4.79 Å². The number of furan rings is 1. The number of carbonyl (C=O) groups excluding carboxylic acids is 1. The molecule has 0 atom stereocenters. The maximum absolute atomic E-state index is 12.4. The van der Waals surface area contributed by atoms with Gasteiger partial charge in [0.05, 0.1) is 28.6 Å². The summed E-state index contributed by atoms with van der Waals surface area (Å²) < 4.78 is 7.40. The first-order valence-corrected chi connectivity index (χ1v) is 10.6. The number of nitrogens with one attached hydrogen (secondary N) is 1. The number of halogens is 2. The number of benzene rings is 1. The fraction of sp³-hybridized carbons (Fsp3) is 0.100. The lowest BCUT2D eigenvalue weighted by atomic mass is 10.2. The second kappa shape index (κ2) is 9.34. The smallest absolute Gasteiger partial charge is 0.236 e. The number of amides is 1. The number of aromatic nitrogens is 4. The van der Waals surface area contributed by atoms with E-state index in [0.29, 0.717) is 22.5 Å². The lowest BCUT2D eigenvalue weighted by Crippen LogP contribution is -2.16. The first-order chi connectivity index (χ1) is 14.6. The van der Waals surface area contributed by atoms with Gasteiger partial charge in [-0.1, -0.05) is 65.3 Å². The Morgan fingerprint density at radius 3 is 2.70 bits per heavy atom. The Labute approximate surface area is 186 Å². The van der Waals surface area contributed by atoms with Crippen LogP contribution in [0.5, 0.6) is 0 Å². The van der Waals surface area contributed by atoms with Crippen LogP contribution in [0.25, 0.3) is 11.4 Å². The minimum Gasteiger partial charge on any atom is -0.467 e. The van der Waals surface area contributed by atoms with Gasteiger partial charge in [0.15, 0.2) is 16.8 Å². The molecule has 0 aliphatic heterocycles. The number of carbonyl (C=O) groups is 1. The highest BCUT2D eigenvalue weighted by Crippen LogP contribution is 2.26. The summed E-state index contributed by atoms with van der Waals surface area (Å²) in [5.41, 5.74) is 0.921. The molecule has 30 heavy (non-hydrogen) atoms. The zero-order valence-corrected chi connectivity index (χ0v) is 17.8. The van der Waals surface area contributed by atoms with Crippen molar-refractivity contribution in [1.82, 2.24) is 19.7 Å². The lowest BCUT2D eigenvalue weighted by Gasteiger charge is -2.09. The van der Waals surface area contributed by atoms with Crippen molar-refractivity contribution in [3.63, 3.8) is 0 Å². The second-order valence-corrected chi connectivity index (χ2v) is 7.94. The molecule has 4 rings (SSSR count). The van der Waals surface area contributed by atoms with Crippen LogP contribution in [-0.2, 0) is 11.3 Å². The molecule has 0 bridgehead atoms. The summed E-state index contributed by atoms with van der Waals surface area (Å²) in [5, 5.41) is 12.5. The van der Waals surface area contributed by atoms with E-state index in [4.69, 9.17) is 27.6 Å². The molecule has 0 aliphatic carbocycles. The summed E-state index contributed by atoms with van der Waals surface area (Å²) in [6.07, 6.45) is 3.04. The van der Waals surface area contributed by atoms with E-state index in [0.717, 1.165) is 11.3 Å². The molecule has 0 fully saturated rings. The molecule has 0 radical (unpaired) electrons. The number of rotatable bonds is 7. The fourth-order valence-corrected chi connectivity index (χ4v) is 3.87. The summed E-state index contributed by atoms with van der Waals surface area (Å²) >= 11 is 13.2. The number of nitrogens with zero attached hydrogens (tertiary/aromatic N) is 4. The molecule has 1 N–H and O–H groups in total. The van der Waals surface area contributed by atoms with E-state index in [1.165, 1.54) is 24.0 Å². The fourth-order valence-electron chi connectivity index (χ4n) is 2.70. The maximum Gasteiger partial charge on any atom is 0.236 e. The van der Waals surface area contributed by atoms with Crippen molar-refractivity contribution in [2.24, 2.45) is 0 Å². The third kappa shape index (κ3) is 4.84. The predicted molar refractivity (Wildman–Crippen MR) is 117 cm³/mol. The standard InChI is InChI=1S/C20H15Cl2N5O2S/c21-14-9-16(22)18(23-10-14)24-17(28)12-30-20-26-25-19(13-5-2-1-3-6-13)27(20)11-15-7-4-8-29-15/h1-10H,11-12H2,(H,23,24,28). The quantitative estimate of drug-likeness (QED) is 0.390. The number of thioether (sulfide) groups is 1. The maximum atomic E-state index is 12.4. The van der Waals surface area contributed by atoms with Crippen molar-refractivity contribution in [3.05, 3.63) is 76.8 Å². The van der Waals surface area contributed by atoms with Gasteiger partial charge in [-0.15, -0.1) is 10.2 Å². The third-order valence-corrected chi connectivity index (χ3v) is 5.50. The lowest BCUT2D eigenvalue weighted by molar-refractivity contribution is -0.113. The molecule has 0 saturated heterocycles. The van der Waals surface area contributed by atoms with Gasteiger partial charge in [0.1, 0.15) is 5.76 Å². The SMILES string of the molecule is O=C(CSc1nnc(-c2ccccc2)n1Cc1ccco1)Nc1ncc(Cl)cc1Cl. The van der Waals surface area contributed by atoms with Gasteiger partial charge in [0.2, 0.25) is 5.91 Å². The topological polar surface area (TPSA) is 85.8 Å². The van der Waals surface area contributed by atoms with Gasteiger partial charge in [-0.25, -0.2) is 4.98 Å². The second-order valence-electron chi connectivity index (χ2n) is 6.16. The summed E-state index contributed by atoms with van der Waals surface area (Å²) in [5.74, 6) is 1.54. The highest BCUT2D eigenvalue weighted by Gasteiger charge is 2.17. The average Bonchev–Trinajstić information content (AvgIpc) is 3.40. The van der Waals surface area contributed by atoms with E-state index < -0.39 is 0 Å². The molecule has 7 nitrogen and oxygen atoms in total. The Bertz CT molecular complexity index is 1150. The molecule has 3 aromatic heterocycles. The van der Waals surface area contributed by atoms with Crippen molar-refractivity contribution in [1.29, 1.82) is 0 Å². The number of anilines is 1. The molecule has 1 amide bonds. The molecule has 10 heteroatoms. The van der Waals surface area contributed by atoms with Crippen LogP contribution in [0, 0.1) is 0 Å². The molecule has 152 valence electrons. The molecule has 4 aromatic rings. The van der Waals surface area contributed by atoms with Gasteiger partial charge in [-0.2, -0.15) is 0 Å². The van der Waals surface area contributed by atoms with Crippen LogP contribution in [0.2, 0.25) is 10.0 Å². The predicted octanol–water partition coefficient (Wildman–Crippen LogP) is 5.02. The zero-order chi connectivity index (χ0) is 20.9. The first kappa shape index (κ1) is 20.5. The molecule has 1 aromatic carbocycles. The van der Waals surface area contributed by atoms with Gasteiger partial charge >= 0.3 is 0 Å². The summed E-state index contributed by atoms with van der Waals surface area (Å²) in [6.45, 7) is 0.443. The average molecular weight is 460 g/mol. The minimum absolute atomic E-state index is 0.103. The van der Waals surface area contributed by atoms with Crippen molar-refractivity contribution >= 4 is 46.7 Å². The Kier molecular flexibility index (Phi) is 6.37. The van der Waals surface area contributed by atoms with Crippen molar-refractivity contribution in [3.8, 4) is 11.4 Å². The number of pyridine rings is 1. The van der Waals surface area contributed by atoms with Crippen molar-refractivity contribution in [2.75, 3.05) is 11.1 Å². The molecule has 3 heterocycles. The van der Waals surface area contributed by atoms with Gasteiger partial charge in [-0.05, 0) is 18.2 Å². The summed E-state index contributed by atoms with van der Waals surface area (Å²) in [4.78, 5) is 16.4. The Hall–Kier alpha value is -2.81. The molecular formula is C20H15Cl2N5O2S. The van der Waals surface area contributed by atoms with Crippen LogP contribution < -0.4 is 5.32 Å². The largest absolute Gasteiger partial charge is 0.467 e. The zero-order valence-electron chi connectivity index (χ0n) is 15.5. The van der Waals surface area contributed by atoms with E-state index in [-0.39, 0.29) is 22.5 Å². The highest BCUT2D eigenvalue weighted by molar-refractivity contribution is 7.99. The van der Waals surface area contributed by atoms with Crippen molar-refractivity contribution in [2.45, 2.75) is 11.7 Å². The van der Waals surface area contributed by atoms with E-state index in [1.54, 1.807) is 6.26 Å². The summed E-state index contributed by atoms with van der Waals surface area (Å²) in [6, 6.07) is 14.9. The van der Waals surface area contributed by atoms with Gasteiger partial charge in [0.25, 0.3) is 0 Å². The Morgan fingerprint density at radius 1 is 1.13 bits per heavy atom. The highest BCUT2D eigenvalue weighted by atomic mass is 35.5. The Balaban J connectivity index is 1.52. The number of hydrogen-bond acceptors (Lipinski definition) is 6. The van der Waals surface area contributed by atoms with Gasteiger partial charge < -0.3 is 9.73 Å². The van der Waals surface area contributed by atoms with Crippen LogP contribution in [-0.4, -0.2) is 31.4 Å². The third-order valence-electron chi connectivity index (χ3n) is 4.04. The van der Waals surface area contributed by atoms with Gasteiger partial charge in [-0.3, -0.25) is 9.36 Å². The van der Waals surface area contributed by atoms with Crippen LogP contribution in [0.1, 0.15) is 5.76 Å². The van der Waals surface area contributed by atoms with Crippen LogP contribution >= 0.6 is 35.0 Å². The molecule has 0 unspecified atom stereocenters. The van der Waals surface area contributed by atoms with E-state index >= 15 is 0 Å². The van der Waals surface area contributed by atoms with E-state index in [2.05, 4.69) is 20.5 Å². The molecule has 0 aliphatic rings. The molecular weight excluding hydrogens is 445 g/mol. The number of hydrogen-bond donors (Lipinski definition) is 1. The Morgan fingerprint density at radius 2 is 1.97 bits per heavy atom. The summed E-state index contributed by atoms with van der Waals surface area (Å²) in [7, 11) is 0. The first-order valence-electron chi connectivity index (χ1n) is 8.85.